The Hall–Kier alpha value is -2.43. The van der Waals surface area contributed by atoms with Gasteiger partial charge < -0.3 is 9.47 Å². The zero-order valence-corrected chi connectivity index (χ0v) is 16.7. The van der Waals surface area contributed by atoms with Crippen LogP contribution in [0.4, 0.5) is 0 Å². The first-order valence-electron chi connectivity index (χ1n) is 9.12. The van der Waals surface area contributed by atoms with Gasteiger partial charge in [0.05, 0.1) is 19.4 Å². The number of methoxy groups -OCH3 is 1. The molecule has 5 heteroatoms. The quantitative estimate of drug-likeness (QED) is 0.387. The lowest BCUT2D eigenvalue weighted by Gasteiger charge is -2.13. The van der Waals surface area contributed by atoms with Crippen molar-refractivity contribution in [2.24, 2.45) is 17.3 Å². The number of esters is 2. The first-order chi connectivity index (χ1) is 12.6. The number of carbonyl (C=O) groups is 3. The van der Waals surface area contributed by atoms with Gasteiger partial charge >= 0.3 is 11.9 Å². The van der Waals surface area contributed by atoms with Crippen LogP contribution < -0.4 is 0 Å². The van der Waals surface area contributed by atoms with E-state index in [1.807, 2.05) is 26.8 Å². The molecule has 0 N–H and O–H groups in total. The van der Waals surface area contributed by atoms with Crippen LogP contribution >= 0.6 is 0 Å². The fourth-order valence-electron chi connectivity index (χ4n) is 3.70. The molecular weight excluding hydrogens is 344 g/mol. The number of Topliss-reactive ketones (excluding diaryl/α,β-unsaturated/α-hetero) is 1. The highest BCUT2D eigenvalue weighted by atomic mass is 16.5. The second-order valence-electron chi connectivity index (χ2n) is 7.75. The van der Waals surface area contributed by atoms with Crippen LogP contribution in [0, 0.1) is 17.3 Å². The summed E-state index contributed by atoms with van der Waals surface area (Å²) in [4.78, 5) is 36.5. The smallest absolute Gasteiger partial charge is 0.333 e. The van der Waals surface area contributed by atoms with E-state index in [0.29, 0.717) is 17.6 Å². The predicted octanol–water partition coefficient (Wildman–Crippen LogP) is 3.71. The van der Waals surface area contributed by atoms with Gasteiger partial charge in [-0.3, -0.25) is 9.59 Å². The van der Waals surface area contributed by atoms with Crippen molar-refractivity contribution in [3.05, 3.63) is 47.6 Å². The molecule has 0 amide bonds. The summed E-state index contributed by atoms with van der Waals surface area (Å²) >= 11 is 0. The van der Waals surface area contributed by atoms with Crippen LogP contribution in [0.1, 0.15) is 40.5 Å². The van der Waals surface area contributed by atoms with E-state index in [-0.39, 0.29) is 35.4 Å². The maximum absolute atomic E-state index is 12.7. The third-order valence-electron chi connectivity index (χ3n) is 5.62. The molecule has 0 aromatic carbocycles. The molecule has 3 atom stereocenters. The van der Waals surface area contributed by atoms with Crippen molar-refractivity contribution in [2.75, 3.05) is 7.11 Å². The minimum Gasteiger partial charge on any atom is -0.466 e. The van der Waals surface area contributed by atoms with Crippen LogP contribution in [0.25, 0.3) is 0 Å². The largest absolute Gasteiger partial charge is 0.466 e. The standard InChI is InChI=1S/C22H28O5/c1-7-8-9-10-15-14(3)18(12-17(15)23)27-21(25)19-16(22(19,4)5)11-13(2)20(24)26-6/h7-9,11,16,18-19H,1,10,12H2,2-6H3/t16-,18+,19+/m1/s1. The van der Waals surface area contributed by atoms with Crippen LogP contribution in [0.15, 0.2) is 47.6 Å². The van der Waals surface area contributed by atoms with Gasteiger partial charge in [0.2, 0.25) is 0 Å². The summed E-state index contributed by atoms with van der Waals surface area (Å²) in [7, 11) is 1.33. The van der Waals surface area contributed by atoms with Crippen LogP contribution in [0.2, 0.25) is 0 Å². The molecule has 5 nitrogen and oxygen atoms in total. The van der Waals surface area contributed by atoms with Crippen LogP contribution in [0.3, 0.4) is 0 Å². The highest BCUT2D eigenvalue weighted by Gasteiger charge is 2.62. The van der Waals surface area contributed by atoms with E-state index in [0.717, 1.165) is 5.57 Å². The fraction of sp³-hybridized carbons (Fsp3) is 0.500. The van der Waals surface area contributed by atoms with Gasteiger partial charge in [-0.2, -0.15) is 0 Å². The molecule has 0 spiro atoms. The molecule has 0 aliphatic heterocycles. The van der Waals surface area contributed by atoms with Gasteiger partial charge in [-0.15, -0.1) is 0 Å². The highest BCUT2D eigenvalue weighted by molar-refractivity contribution is 6.00. The molecule has 0 radical (unpaired) electrons. The molecule has 1 saturated carbocycles. The minimum absolute atomic E-state index is 0.0204. The second kappa shape index (κ2) is 8.07. The van der Waals surface area contributed by atoms with Crippen molar-refractivity contribution in [1.29, 1.82) is 0 Å². The third-order valence-corrected chi connectivity index (χ3v) is 5.62. The van der Waals surface area contributed by atoms with Crippen molar-refractivity contribution in [3.63, 3.8) is 0 Å². The molecular formula is C22H28O5. The lowest BCUT2D eigenvalue weighted by atomic mass is 10.1. The Morgan fingerprint density at radius 3 is 2.59 bits per heavy atom. The van der Waals surface area contributed by atoms with Crippen molar-refractivity contribution < 1.29 is 23.9 Å². The number of ketones is 1. The summed E-state index contributed by atoms with van der Waals surface area (Å²) in [5.41, 5.74) is 1.72. The summed E-state index contributed by atoms with van der Waals surface area (Å²) in [5, 5.41) is 0. The predicted molar refractivity (Wildman–Crippen MR) is 103 cm³/mol. The SMILES string of the molecule is C=CC=CCC1=C(C)[C@@H](OC(=O)[C@@H]2[C@@H](C=C(C)C(=O)OC)C2(C)C)CC1=O. The molecule has 2 rings (SSSR count). The van der Waals surface area contributed by atoms with Crippen molar-refractivity contribution in [1.82, 2.24) is 0 Å². The van der Waals surface area contributed by atoms with E-state index in [2.05, 4.69) is 6.58 Å². The maximum atomic E-state index is 12.7. The molecule has 0 aromatic heterocycles. The van der Waals surface area contributed by atoms with Crippen LogP contribution in [-0.4, -0.2) is 30.9 Å². The number of rotatable bonds is 7. The van der Waals surface area contributed by atoms with E-state index in [4.69, 9.17) is 9.47 Å². The fourth-order valence-corrected chi connectivity index (χ4v) is 3.70. The Balaban J connectivity index is 2.07. The molecule has 2 aliphatic rings. The normalized spacial score (nSPS) is 27.1. The molecule has 0 bridgehead atoms. The topological polar surface area (TPSA) is 69.7 Å². The number of hydrogen-bond acceptors (Lipinski definition) is 5. The minimum atomic E-state index is -0.500. The van der Waals surface area contributed by atoms with Crippen molar-refractivity contribution >= 4 is 17.7 Å². The summed E-state index contributed by atoms with van der Waals surface area (Å²) < 4.78 is 10.4. The van der Waals surface area contributed by atoms with Crippen LogP contribution in [0.5, 0.6) is 0 Å². The average Bonchev–Trinajstić information content (AvgIpc) is 3.05. The van der Waals surface area contributed by atoms with E-state index >= 15 is 0 Å². The Labute approximate surface area is 160 Å². The zero-order valence-electron chi connectivity index (χ0n) is 16.7. The van der Waals surface area contributed by atoms with E-state index in [9.17, 15) is 14.4 Å². The summed E-state index contributed by atoms with van der Waals surface area (Å²) in [6.07, 6.45) is 7.32. The van der Waals surface area contributed by atoms with Crippen molar-refractivity contribution in [2.45, 2.75) is 46.6 Å². The summed E-state index contributed by atoms with van der Waals surface area (Å²) in [6, 6.07) is 0. The van der Waals surface area contributed by atoms with Crippen molar-refractivity contribution in [3.8, 4) is 0 Å². The first-order valence-corrected chi connectivity index (χ1v) is 9.12. The molecule has 2 aliphatic carbocycles. The Bertz CT molecular complexity index is 751. The second-order valence-corrected chi connectivity index (χ2v) is 7.75. The lowest BCUT2D eigenvalue weighted by molar-refractivity contribution is -0.150. The van der Waals surface area contributed by atoms with Gasteiger partial charge in [0, 0.05) is 11.1 Å². The average molecular weight is 372 g/mol. The number of allylic oxidation sites excluding steroid dienone is 5. The van der Waals surface area contributed by atoms with E-state index < -0.39 is 12.1 Å². The molecule has 0 unspecified atom stereocenters. The zero-order chi connectivity index (χ0) is 20.4. The summed E-state index contributed by atoms with van der Waals surface area (Å²) in [6.45, 7) is 11.1. The molecule has 146 valence electrons. The molecule has 0 heterocycles. The number of carbonyl (C=O) groups excluding carboxylic acids is 3. The van der Waals surface area contributed by atoms with Gasteiger partial charge in [-0.25, -0.2) is 4.79 Å². The first kappa shape index (κ1) is 20.9. The Kier molecular flexibility index (Phi) is 6.24. The van der Waals surface area contributed by atoms with Gasteiger partial charge in [-0.05, 0) is 37.2 Å². The lowest BCUT2D eigenvalue weighted by Crippen LogP contribution is -2.20. The molecule has 0 saturated heterocycles. The van der Waals surface area contributed by atoms with E-state index in [1.54, 1.807) is 25.2 Å². The number of ether oxygens (including phenoxy) is 2. The summed E-state index contributed by atoms with van der Waals surface area (Å²) in [5.74, 6) is -1.11. The highest BCUT2D eigenvalue weighted by Crippen LogP contribution is 2.60. The number of hydrogen-bond donors (Lipinski definition) is 0. The third kappa shape index (κ3) is 4.29. The molecule has 27 heavy (non-hydrogen) atoms. The Morgan fingerprint density at radius 1 is 1.33 bits per heavy atom. The van der Waals surface area contributed by atoms with E-state index in [1.165, 1.54) is 7.11 Å². The Morgan fingerprint density at radius 2 is 2.00 bits per heavy atom. The van der Waals surface area contributed by atoms with Gasteiger partial charge in [-0.1, -0.05) is 44.7 Å². The van der Waals surface area contributed by atoms with Gasteiger partial charge in [0.1, 0.15) is 6.10 Å². The van der Waals surface area contributed by atoms with Gasteiger partial charge in [0.25, 0.3) is 0 Å². The molecule has 1 fully saturated rings. The monoisotopic (exact) mass is 372 g/mol. The van der Waals surface area contributed by atoms with Gasteiger partial charge in [0.15, 0.2) is 5.78 Å². The van der Waals surface area contributed by atoms with Crippen LogP contribution in [-0.2, 0) is 23.9 Å². The maximum Gasteiger partial charge on any atom is 0.333 e. The molecule has 0 aromatic rings.